The lowest BCUT2D eigenvalue weighted by atomic mass is 10.3. The number of pyridine rings is 1. The number of nitrogens with one attached hydrogen (secondary N) is 1. The predicted molar refractivity (Wildman–Crippen MR) is 80.4 cm³/mol. The van der Waals surface area contributed by atoms with Gasteiger partial charge in [0.25, 0.3) is 0 Å². The van der Waals surface area contributed by atoms with Gasteiger partial charge in [0.05, 0.1) is 5.69 Å². The van der Waals surface area contributed by atoms with Crippen molar-refractivity contribution in [3.05, 3.63) is 52.6 Å². The van der Waals surface area contributed by atoms with Crippen LogP contribution in [0.5, 0.6) is 11.6 Å². The fourth-order valence-corrected chi connectivity index (χ4v) is 1.81. The van der Waals surface area contributed by atoms with E-state index in [0.29, 0.717) is 11.9 Å². The number of halogens is 1. The maximum Gasteiger partial charge on any atom is 0.219 e. The second-order valence-corrected chi connectivity index (χ2v) is 5.47. The third-order valence-electron chi connectivity index (χ3n) is 2.51. The molecule has 0 aliphatic rings. The summed E-state index contributed by atoms with van der Waals surface area (Å²) in [5.74, 6) is 1.40. The van der Waals surface area contributed by atoms with Crippen LogP contribution in [-0.4, -0.2) is 11.0 Å². The van der Waals surface area contributed by atoms with Crippen molar-refractivity contribution in [2.75, 3.05) is 0 Å². The van der Waals surface area contributed by atoms with Crippen LogP contribution >= 0.6 is 15.9 Å². The Labute approximate surface area is 122 Å². The quantitative estimate of drug-likeness (QED) is 0.899. The minimum Gasteiger partial charge on any atom is -0.439 e. The maximum atomic E-state index is 5.72. The fraction of sp³-hybridized carbons (Fsp3) is 0.267. The summed E-state index contributed by atoms with van der Waals surface area (Å²) in [6.07, 6.45) is 0. The number of aromatic nitrogens is 1. The number of hydrogen-bond acceptors (Lipinski definition) is 3. The van der Waals surface area contributed by atoms with Gasteiger partial charge in [0.15, 0.2) is 0 Å². The molecule has 19 heavy (non-hydrogen) atoms. The van der Waals surface area contributed by atoms with E-state index in [0.717, 1.165) is 22.5 Å². The van der Waals surface area contributed by atoms with Crippen molar-refractivity contribution in [3.8, 4) is 11.6 Å². The van der Waals surface area contributed by atoms with Crippen molar-refractivity contribution in [2.24, 2.45) is 0 Å². The van der Waals surface area contributed by atoms with Gasteiger partial charge in [-0.15, -0.1) is 0 Å². The van der Waals surface area contributed by atoms with Crippen LogP contribution in [0.25, 0.3) is 0 Å². The average Bonchev–Trinajstić information content (AvgIpc) is 2.40. The summed E-state index contributed by atoms with van der Waals surface area (Å²) in [6.45, 7) is 4.97. The van der Waals surface area contributed by atoms with Crippen molar-refractivity contribution in [3.63, 3.8) is 0 Å². The van der Waals surface area contributed by atoms with Gasteiger partial charge < -0.3 is 10.1 Å². The van der Waals surface area contributed by atoms with Gasteiger partial charge in [0.2, 0.25) is 5.88 Å². The van der Waals surface area contributed by atoms with Crippen molar-refractivity contribution < 1.29 is 4.74 Å². The molecule has 2 aromatic rings. The van der Waals surface area contributed by atoms with Gasteiger partial charge >= 0.3 is 0 Å². The second kappa shape index (κ2) is 6.68. The van der Waals surface area contributed by atoms with Crippen molar-refractivity contribution in [1.82, 2.24) is 10.3 Å². The summed E-state index contributed by atoms with van der Waals surface area (Å²) in [4.78, 5) is 4.47. The van der Waals surface area contributed by atoms with Crippen LogP contribution < -0.4 is 10.1 Å². The summed E-state index contributed by atoms with van der Waals surface area (Å²) < 4.78 is 6.75. The molecule has 0 amide bonds. The molecule has 0 unspecified atom stereocenters. The van der Waals surface area contributed by atoms with E-state index in [2.05, 4.69) is 40.1 Å². The van der Waals surface area contributed by atoms with Gasteiger partial charge in [0.1, 0.15) is 5.75 Å². The number of ether oxygens (including phenoxy) is 1. The van der Waals surface area contributed by atoms with Crippen LogP contribution in [0, 0.1) is 0 Å². The van der Waals surface area contributed by atoms with E-state index in [1.807, 2.05) is 42.5 Å². The molecule has 1 heterocycles. The lowest BCUT2D eigenvalue weighted by Gasteiger charge is -2.09. The van der Waals surface area contributed by atoms with Crippen LogP contribution in [0.1, 0.15) is 19.5 Å². The van der Waals surface area contributed by atoms with E-state index in [1.165, 1.54) is 0 Å². The smallest absolute Gasteiger partial charge is 0.219 e. The molecule has 0 saturated heterocycles. The average molecular weight is 321 g/mol. The molecule has 0 spiro atoms. The molecular formula is C15H17BrN2O. The van der Waals surface area contributed by atoms with Gasteiger partial charge in [-0.3, -0.25) is 0 Å². The molecule has 0 aliphatic carbocycles. The zero-order valence-corrected chi connectivity index (χ0v) is 12.6. The molecule has 100 valence electrons. The molecule has 2 rings (SSSR count). The van der Waals surface area contributed by atoms with Gasteiger partial charge in [-0.1, -0.05) is 35.8 Å². The van der Waals surface area contributed by atoms with Crippen LogP contribution in [0.3, 0.4) is 0 Å². The summed E-state index contributed by atoms with van der Waals surface area (Å²) >= 11 is 3.40. The Balaban J connectivity index is 2.04. The molecule has 1 aromatic carbocycles. The Morgan fingerprint density at radius 3 is 2.58 bits per heavy atom. The minimum absolute atomic E-state index is 0.442. The summed E-state index contributed by atoms with van der Waals surface area (Å²) in [5.41, 5.74) is 0.975. The van der Waals surface area contributed by atoms with Crippen LogP contribution in [0.2, 0.25) is 0 Å². The highest BCUT2D eigenvalue weighted by molar-refractivity contribution is 9.10. The fourth-order valence-electron chi connectivity index (χ4n) is 1.54. The Hall–Kier alpha value is -1.39. The molecule has 1 N–H and O–H groups in total. The molecule has 0 saturated carbocycles. The second-order valence-electron chi connectivity index (χ2n) is 4.56. The normalized spacial score (nSPS) is 10.7. The number of nitrogens with zero attached hydrogens (tertiary/aromatic N) is 1. The first-order valence-corrected chi connectivity index (χ1v) is 7.05. The van der Waals surface area contributed by atoms with Crippen LogP contribution in [0.15, 0.2) is 46.9 Å². The number of hydrogen-bond donors (Lipinski definition) is 1. The van der Waals surface area contributed by atoms with Crippen molar-refractivity contribution in [1.29, 1.82) is 0 Å². The lowest BCUT2D eigenvalue weighted by molar-refractivity contribution is 0.458. The van der Waals surface area contributed by atoms with Gasteiger partial charge in [0, 0.05) is 23.1 Å². The predicted octanol–water partition coefficient (Wildman–Crippen LogP) is 4.13. The highest BCUT2D eigenvalue weighted by Crippen LogP contribution is 2.21. The number of rotatable bonds is 5. The van der Waals surface area contributed by atoms with E-state index in [-0.39, 0.29) is 0 Å². The molecule has 0 bridgehead atoms. The van der Waals surface area contributed by atoms with E-state index in [9.17, 15) is 0 Å². The van der Waals surface area contributed by atoms with Gasteiger partial charge in [-0.05, 0) is 30.3 Å². The Morgan fingerprint density at radius 2 is 1.89 bits per heavy atom. The molecule has 4 heteroatoms. The van der Waals surface area contributed by atoms with Crippen molar-refractivity contribution >= 4 is 15.9 Å². The highest BCUT2D eigenvalue weighted by atomic mass is 79.9. The molecule has 0 atom stereocenters. The first kappa shape index (κ1) is 14.0. The third-order valence-corrected chi connectivity index (χ3v) is 3.04. The Kier molecular flexibility index (Phi) is 4.93. The SMILES string of the molecule is CC(C)NCc1cccc(Oc2ccc(Br)cc2)n1. The first-order valence-electron chi connectivity index (χ1n) is 6.26. The zero-order chi connectivity index (χ0) is 13.7. The van der Waals surface area contributed by atoms with E-state index in [4.69, 9.17) is 4.74 Å². The molecule has 0 fully saturated rings. The first-order chi connectivity index (χ1) is 9.13. The molecule has 3 nitrogen and oxygen atoms in total. The topological polar surface area (TPSA) is 34.1 Å². The highest BCUT2D eigenvalue weighted by Gasteiger charge is 2.01. The lowest BCUT2D eigenvalue weighted by Crippen LogP contribution is -2.22. The largest absolute Gasteiger partial charge is 0.439 e. The Morgan fingerprint density at radius 1 is 1.16 bits per heavy atom. The van der Waals surface area contributed by atoms with E-state index >= 15 is 0 Å². The summed E-state index contributed by atoms with van der Waals surface area (Å²) in [7, 11) is 0. The summed E-state index contributed by atoms with van der Waals surface area (Å²) in [6, 6.07) is 14.0. The van der Waals surface area contributed by atoms with Gasteiger partial charge in [-0.25, -0.2) is 4.98 Å². The Bertz CT molecular complexity index is 526. The number of benzene rings is 1. The van der Waals surface area contributed by atoms with E-state index < -0.39 is 0 Å². The molecular weight excluding hydrogens is 304 g/mol. The molecule has 0 radical (unpaired) electrons. The minimum atomic E-state index is 0.442. The zero-order valence-electron chi connectivity index (χ0n) is 11.1. The van der Waals surface area contributed by atoms with Crippen molar-refractivity contribution in [2.45, 2.75) is 26.4 Å². The molecule has 1 aromatic heterocycles. The summed E-state index contributed by atoms with van der Waals surface area (Å²) in [5, 5.41) is 3.34. The van der Waals surface area contributed by atoms with Crippen LogP contribution in [-0.2, 0) is 6.54 Å². The maximum absolute atomic E-state index is 5.72. The van der Waals surface area contributed by atoms with Gasteiger partial charge in [-0.2, -0.15) is 0 Å². The third kappa shape index (κ3) is 4.65. The van der Waals surface area contributed by atoms with Crippen LogP contribution in [0.4, 0.5) is 0 Å². The van der Waals surface area contributed by atoms with E-state index in [1.54, 1.807) is 0 Å². The standard InChI is InChI=1S/C15H17BrN2O/c1-11(2)17-10-13-4-3-5-15(18-13)19-14-8-6-12(16)7-9-14/h3-9,11,17H,10H2,1-2H3. The monoisotopic (exact) mass is 320 g/mol. The molecule has 0 aliphatic heterocycles.